The molecular formula is C27H23ClN4O7S. The number of carbonyl (C=O) groups is 4. The van der Waals surface area contributed by atoms with Crippen LogP contribution < -0.4 is 9.62 Å². The van der Waals surface area contributed by atoms with Gasteiger partial charge >= 0.3 is 6.09 Å². The number of ether oxygens (including phenoxy) is 1. The first kappa shape index (κ1) is 27.3. The van der Waals surface area contributed by atoms with Crippen molar-refractivity contribution in [2.24, 2.45) is 5.92 Å². The van der Waals surface area contributed by atoms with Gasteiger partial charge in [-0.05, 0) is 36.8 Å². The molecule has 0 saturated carbocycles. The third kappa shape index (κ3) is 5.15. The van der Waals surface area contributed by atoms with Crippen molar-refractivity contribution in [3.05, 3.63) is 83.1 Å². The Balaban J connectivity index is 1.52. The molecule has 2 aliphatic heterocycles. The average molecular weight is 583 g/mol. The van der Waals surface area contributed by atoms with E-state index < -0.39 is 52.8 Å². The van der Waals surface area contributed by atoms with Gasteiger partial charge in [0.05, 0.1) is 34.3 Å². The summed E-state index contributed by atoms with van der Waals surface area (Å²) in [6.45, 7) is 0.498. The molecule has 1 fully saturated rings. The van der Waals surface area contributed by atoms with Crippen molar-refractivity contribution in [3.8, 4) is 0 Å². The van der Waals surface area contributed by atoms with Crippen LogP contribution in [0.5, 0.6) is 0 Å². The van der Waals surface area contributed by atoms with Crippen LogP contribution in [0.4, 0.5) is 16.2 Å². The third-order valence-electron chi connectivity index (χ3n) is 6.71. The van der Waals surface area contributed by atoms with Gasteiger partial charge in [0.1, 0.15) is 5.69 Å². The Hall–Kier alpha value is -4.29. The number of aromatic nitrogens is 1. The quantitative estimate of drug-likeness (QED) is 0.446. The van der Waals surface area contributed by atoms with Crippen LogP contribution in [0.1, 0.15) is 28.9 Å². The van der Waals surface area contributed by atoms with Crippen LogP contribution in [-0.2, 0) is 24.3 Å². The summed E-state index contributed by atoms with van der Waals surface area (Å²) in [6, 6.07) is 16.1. The largest absolute Gasteiger partial charge is 0.439 e. The number of hydrogen-bond donors (Lipinski definition) is 1. The summed E-state index contributed by atoms with van der Waals surface area (Å²) in [5, 5.41) is 2.92. The van der Waals surface area contributed by atoms with Crippen molar-refractivity contribution in [2.45, 2.75) is 17.7 Å². The second-order valence-corrected chi connectivity index (χ2v) is 11.6. The topological polar surface area (TPSA) is 143 Å². The normalized spacial score (nSPS) is 17.9. The number of nitrogens with one attached hydrogen (secondary N) is 1. The minimum atomic E-state index is -4.30. The maximum atomic E-state index is 13.8. The van der Waals surface area contributed by atoms with Crippen LogP contribution in [0.15, 0.2) is 71.8 Å². The Bertz CT molecular complexity index is 1610. The van der Waals surface area contributed by atoms with Gasteiger partial charge in [-0.2, -0.15) is 0 Å². The van der Waals surface area contributed by atoms with Crippen LogP contribution >= 0.6 is 11.6 Å². The van der Waals surface area contributed by atoms with E-state index in [2.05, 4.69) is 10.3 Å². The van der Waals surface area contributed by atoms with Crippen molar-refractivity contribution >= 4 is 56.7 Å². The lowest BCUT2D eigenvalue weighted by Gasteiger charge is -2.34. The standard InChI is InChI=1S/C27H23ClN4O7S/c1-16(17-6-3-2-4-7-17)26(35)30-20-11-22-24(29-12-20)25(34)18(13-31-23(33)15-39-27(31)36)14-32(22)40(37,38)21-9-5-8-19(28)10-21/h2-12,16,18H,13-15H2,1H3,(H,30,35)/t16-,18?/m0/s1. The lowest BCUT2D eigenvalue weighted by Crippen LogP contribution is -2.48. The van der Waals surface area contributed by atoms with Crippen LogP contribution in [-0.4, -0.2) is 61.7 Å². The number of imide groups is 1. The molecule has 0 aliphatic carbocycles. The summed E-state index contributed by atoms with van der Waals surface area (Å²) in [7, 11) is -4.30. The molecule has 1 N–H and O–H groups in total. The van der Waals surface area contributed by atoms with Crippen LogP contribution in [0, 0.1) is 5.92 Å². The van der Waals surface area contributed by atoms with Gasteiger partial charge < -0.3 is 10.1 Å². The van der Waals surface area contributed by atoms with Gasteiger partial charge in [0, 0.05) is 18.1 Å². The number of amides is 3. The predicted octanol–water partition coefficient (Wildman–Crippen LogP) is 3.46. The van der Waals surface area contributed by atoms with E-state index in [-0.39, 0.29) is 39.4 Å². The molecule has 2 atom stereocenters. The highest BCUT2D eigenvalue weighted by molar-refractivity contribution is 7.92. The van der Waals surface area contributed by atoms with Crippen molar-refractivity contribution in [3.63, 3.8) is 0 Å². The average Bonchev–Trinajstić information content (AvgIpc) is 3.26. The Morgan fingerprint density at radius 1 is 1.12 bits per heavy atom. The molecule has 3 heterocycles. The maximum Gasteiger partial charge on any atom is 0.417 e. The molecule has 206 valence electrons. The zero-order chi connectivity index (χ0) is 28.6. The molecule has 0 radical (unpaired) electrons. The van der Waals surface area contributed by atoms with Gasteiger partial charge in [-0.1, -0.05) is 48.0 Å². The number of benzene rings is 2. The van der Waals surface area contributed by atoms with E-state index in [1.165, 1.54) is 36.5 Å². The van der Waals surface area contributed by atoms with E-state index in [1.54, 1.807) is 6.92 Å². The van der Waals surface area contributed by atoms with E-state index in [1.807, 2.05) is 30.3 Å². The molecule has 2 aromatic carbocycles. The number of carbonyl (C=O) groups excluding carboxylic acids is 4. The summed E-state index contributed by atoms with van der Waals surface area (Å²) in [6.07, 6.45) is 0.347. The number of pyridine rings is 1. The van der Waals surface area contributed by atoms with Gasteiger partial charge in [0.2, 0.25) is 5.91 Å². The molecule has 40 heavy (non-hydrogen) atoms. The Labute approximate surface area is 234 Å². The SMILES string of the molecule is C[C@H](C(=O)Nc1cnc2c(c1)N(S(=O)(=O)c1cccc(Cl)c1)CC(CN1C(=O)COC1=O)C2=O)c1ccccc1. The van der Waals surface area contributed by atoms with Crippen molar-refractivity contribution in [1.82, 2.24) is 9.88 Å². The number of ketones is 1. The molecule has 2 aliphatic rings. The van der Waals surface area contributed by atoms with E-state index in [0.717, 1.165) is 14.8 Å². The van der Waals surface area contributed by atoms with E-state index in [9.17, 15) is 27.6 Å². The van der Waals surface area contributed by atoms with Crippen molar-refractivity contribution in [1.29, 1.82) is 0 Å². The number of anilines is 2. The highest BCUT2D eigenvalue weighted by Gasteiger charge is 2.43. The number of Topliss-reactive ketones (excluding diaryl/α,β-unsaturated/α-hetero) is 1. The molecule has 13 heteroatoms. The van der Waals surface area contributed by atoms with Crippen LogP contribution in [0.25, 0.3) is 0 Å². The maximum absolute atomic E-state index is 13.8. The highest BCUT2D eigenvalue weighted by atomic mass is 35.5. The molecule has 1 unspecified atom stereocenters. The van der Waals surface area contributed by atoms with Crippen LogP contribution in [0.3, 0.4) is 0 Å². The first-order valence-electron chi connectivity index (χ1n) is 12.2. The van der Waals surface area contributed by atoms with E-state index in [0.29, 0.717) is 0 Å². The molecule has 11 nitrogen and oxygen atoms in total. The number of cyclic esters (lactones) is 1. The zero-order valence-corrected chi connectivity index (χ0v) is 22.7. The van der Waals surface area contributed by atoms with Crippen molar-refractivity contribution < 1.29 is 32.3 Å². The summed E-state index contributed by atoms with van der Waals surface area (Å²) in [5.74, 6) is -3.18. The molecule has 0 spiro atoms. The van der Waals surface area contributed by atoms with Gasteiger partial charge in [-0.3, -0.25) is 18.7 Å². The Morgan fingerprint density at radius 3 is 2.55 bits per heavy atom. The fourth-order valence-corrected chi connectivity index (χ4v) is 6.33. The number of halogens is 1. The minimum absolute atomic E-state index is 0.0540. The number of nitrogens with zero attached hydrogens (tertiary/aromatic N) is 3. The first-order chi connectivity index (χ1) is 19.1. The monoisotopic (exact) mass is 582 g/mol. The number of fused-ring (bicyclic) bond motifs is 1. The van der Waals surface area contributed by atoms with E-state index in [4.69, 9.17) is 16.3 Å². The lowest BCUT2D eigenvalue weighted by atomic mass is 9.95. The van der Waals surface area contributed by atoms with Crippen molar-refractivity contribution in [2.75, 3.05) is 29.3 Å². The summed E-state index contributed by atoms with van der Waals surface area (Å²) in [5.41, 5.74) is 0.726. The molecular weight excluding hydrogens is 560 g/mol. The predicted molar refractivity (Wildman–Crippen MR) is 145 cm³/mol. The number of hydrogen-bond acceptors (Lipinski definition) is 8. The second-order valence-electron chi connectivity index (χ2n) is 9.33. The van der Waals surface area contributed by atoms with Crippen LogP contribution in [0.2, 0.25) is 5.02 Å². The molecule has 1 aromatic heterocycles. The smallest absolute Gasteiger partial charge is 0.417 e. The third-order valence-corrected chi connectivity index (χ3v) is 8.73. The Morgan fingerprint density at radius 2 is 1.88 bits per heavy atom. The van der Waals surface area contributed by atoms with Gasteiger partial charge in [0.25, 0.3) is 15.9 Å². The summed E-state index contributed by atoms with van der Waals surface area (Å²) >= 11 is 6.06. The van der Waals surface area contributed by atoms with E-state index >= 15 is 0 Å². The number of rotatable bonds is 7. The molecule has 5 rings (SSSR count). The molecule has 3 aromatic rings. The summed E-state index contributed by atoms with van der Waals surface area (Å²) in [4.78, 5) is 55.4. The van der Waals surface area contributed by atoms with Gasteiger partial charge in [-0.25, -0.2) is 23.1 Å². The lowest BCUT2D eigenvalue weighted by molar-refractivity contribution is -0.126. The minimum Gasteiger partial charge on any atom is -0.439 e. The number of sulfonamides is 1. The molecule has 1 saturated heterocycles. The molecule has 0 bridgehead atoms. The van der Waals surface area contributed by atoms with Gasteiger partial charge in [-0.15, -0.1) is 0 Å². The zero-order valence-electron chi connectivity index (χ0n) is 21.1. The fourth-order valence-electron chi connectivity index (χ4n) is 4.52. The highest BCUT2D eigenvalue weighted by Crippen LogP contribution is 2.36. The fraction of sp³-hybridized carbons (Fsp3) is 0.222. The first-order valence-corrected chi connectivity index (χ1v) is 14.0. The molecule has 3 amide bonds. The summed E-state index contributed by atoms with van der Waals surface area (Å²) < 4.78 is 33.3. The Kier molecular flexibility index (Phi) is 7.30. The van der Waals surface area contributed by atoms with Gasteiger partial charge in [0.15, 0.2) is 12.4 Å². The second kappa shape index (κ2) is 10.7.